The second-order valence-corrected chi connectivity index (χ2v) is 8.44. The summed E-state index contributed by atoms with van der Waals surface area (Å²) in [5, 5.41) is 6.79. The van der Waals surface area contributed by atoms with Gasteiger partial charge in [-0.3, -0.25) is 13.6 Å². The molecule has 5 aromatic rings. The standard InChI is InChI=1S/C20H17N5OS2/c1-12-3-4-13(2)15(7-12)16-10-25-17(11-28-20(25)23-16)18(26)21-8-14-9-24-5-6-27-19(24)22-14/h3-7,9-11H,8H2,1-2H3,(H,21,26). The van der Waals surface area contributed by atoms with Crippen LogP contribution in [-0.2, 0) is 6.54 Å². The van der Waals surface area contributed by atoms with Crippen molar-refractivity contribution in [1.82, 2.24) is 24.1 Å². The lowest BCUT2D eigenvalue weighted by atomic mass is 10.0. The van der Waals surface area contributed by atoms with E-state index in [1.807, 2.05) is 38.2 Å². The topological polar surface area (TPSA) is 63.7 Å². The fraction of sp³-hybridized carbons (Fsp3) is 0.150. The maximum atomic E-state index is 12.7. The molecule has 0 spiro atoms. The van der Waals surface area contributed by atoms with Crippen LogP contribution in [0.4, 0.5) is 0 Å². The molecular formula is C20H17N5OS2. The fourth-order valence-electron chi connectivity index (χ4n) is 3.21. The van der Waals surface area contributed by atoms with Crippen LogP contribution in [0.2, 0.25) is 0 Å². The van der Waals surface area contributed by atoms with Crippen LogP contribution in [0.25, 0.3) is 21.2 Å². The Kier molecular flexibility index (Phi) is 4.03. The first-order valence-corrected chi connectivity index (χ1v) is 10.6. The number of hydrogen-bond donors (Lipinski definition) is 1. The zero-order chi connectivity index (χ0) is 19.3. The Bertz CT molecular complexity index is 1290. The summed E-state index contributed by atoms with van der Waals surface area (Å²) < 4.78 is 3.82. The van der Waals surface area contributed by atoms with Crippen LogP contribution in [0, 0.1) is 13.8 Å². The van der Waals surface area contributed by atoms with Gasteiger partial charge >= 0.3 is 0 Å². The normalized spacial score (nSPS) is 11.5. The van der Waals surface area contributed by atoms with Crippen molar-refractivity contribution in [3.8, 4) is 11.3 Å². The summed E-state index contributed by atoms with van der Waals surface area (Å²) in [4.78, 5) is 23.7. The molecule has 0 unspecified atom stereocenters. The number of imidazole rings is 2. The highest BCUT2D eigenvalue weighted by Gasteiger charge is 2.16. The zero-order valence-electron chi connectivity index (χ0n) is 15.3. The van der Waals surface area contributed by atoms with Gasteiger partial charge in [0.2, 0.25) is 0 Å². The Balaban J connectivity index is 1.40. The van der Waals surface area contributed by atoms with E-state index < -0.39 is 0 Å². The van der Waals surface area contributed by atoms with Gasteiger partial charge < -0.3 is 5.32 Å². The summed E-state index contributed by atoms with van der Waals surface area (Å²) in [7, 11) is 0. The van der Waals surface area contributed by atoms with Gasteiger partial charge in [0, 0.05) is 34.9 Å². The van der Waals surface area contributed by atoms with Crippen LogP contribution >= 0.6 is 22.7 Å². The molecule has 1 aromatic carbocycles. The molecule has 6 nitrogen and oxygen atoms in total. The van der Waals surface area contributed by atoms with Crippen molar-refractivity contribution < 1.29 is 4.79 Å². The van der Waals surface area contributed by atoms with Gasteiger partial charge in [-0.2, -0.15) is 0 Å². The third-order valence-electron chi connectivity index (χ3n) is 4.68. The van der Waals surface area contributed by atoms with E-state index >= 15 is 0 Å². The van der Waals surface area contributed by atoms with Crippen LogP contribution < -0.4 is 5.32 Å². The maximum absolute atomic E-state index is 12.7. The van der Waals surface area contributed by atoms with E-state index in [-0.39, 0.29) is 5.91 Å². The minimum atomic E-state index is -0.132. The highest BCUT2D eigenvalue weighted by atomic mass is 32.1. The number of aryl methyl sites for hydroxylation is 2. The molecule has 0 aliphatic carbocycles. The number of amides is 1. The van der Waals surface area contributed by atoms with Gasteiger partial charge in [-0.05, 0) is 25.5 Å². The number of nitrogens with one attached hydrogen (secondary N) is 1. The van der Waals surface area contributed by atoms with Gasteiger partial charge in [-0.1, -0.05) is 17.7 Å². The van der Waals surface area contributed by atoms with Crippen molar-refractivity contribution in [1.29, 1.82) is 0 Å². The number of carbonyl (C=O) groups excluding carboxylic acids is 1. The van der Waals surface area contributed by atoms with Gasteiger partial charge in [0.15, 0.2) is 9.92 Å². The van der Waals surface area contributed by atoms with Gasteiger partial charge in [-0.25, -0.2) is 9.97 Å². The van der Waals surface area contributed by atoms with Gasteiger partial charge in [0.05, 0.1) is 17.9 Å². The van der Waals surface area contributed by atoms with E-state index in [4.69, 9.17) is 4.98 Å². The third kappa shape index (κ3) is 2.90. The average molecular weight is 408 g/mol. The predicted molar refractivity (Wildman–Crippen MR) is 112 cm³/mol. The molecule has 5 rings (SSSR count). The molecule has 0 fully saturated rings. The first-order valence-electron chi connectivity index (χ1n) is 8.82. The summed E-state index contributed by atoms with van der Waals surface area (Å²) in [6, 6.07) is 6.32. The predicted octanol–water partition coefficient (Wildman–Crippen LogP) is 4.32. The Morgan fingerprint density at radius 2 is 2.04 bits per heavy atom. The monoisotopic (exact) mass is 407 g/mol. The van der Waals surface area contributed by atoms with E-state index in [1.165, 1.54) is 22.5 Å². The Hall–Kier alpha value is -2.97. The number of aromatic nitrogens is 4. The molecule has 4 heterocycles. The van der Waals surface area contributed by atoms with Crippen LogP contribution in [0.3, 0.4) is 0 Å². The van der Waals surface area contributed by atoms with Crippen molar-refractivity contribution in [2.24, 2.45) is 0 Å². The Morgan fingerprint density at radius 1 is 1.14 bits per heavy atom. The van der Waals surface area contributed by atoms with Gasteiger partial charge in [0.1, 0.15) is 5.69 Å². The molecular weight excluding hydrogens is 390 g/mol. The first kappa shape index (κ1) is 17.2. The van der Waals surface area contributed by atoms with E-state index in [0.717, 1.165) is 26.9 Å². The highest BCUT2D eigenvalue weighted by Crippen LogP contribution is 2.27. The lowest BCUT2D eigenvalue weighted by molar-refractivity contribution is 0.0945. The number of rotatable bonds is 4. The van der Waals surface area contributed by atoms with E-state index in [2.05, 4.69) is 42.3 Å². The van der Waals surface area contributed by atoms with Crippen molar-refractivity contribution >= 4 is 38.5 Å². The molecule has 0 bridgehead atoms. The lowest BCUT2D eigenvalue weighted by Gasteiger charge is -2.04. The molecule has 0 aliphatic rings. The molecule has 0 saturated carbocycles. The summed E-state index contributed by atoms with van der Waals surface area (Å²) in [5.41, 5.74) is 5.77. The van der Waals surface area contributed by atoms with Crippen LogP contribution in [0.1, 0.15) is 27.3 Å². The minimum Gasteiger partial charge on any atom is -0.345 e. The summed E-state index contributed by atoms with van der Waals surface area (Å²) in [6.07, 6.45) is 5.83. The molecule has 8 heteroatoms. The van der Waals surface area contributed by atoms with Crippen molar-refractivity contribution in [2.45, 2.75) is 20.4 Å². The second kappa shape index (κ2) is 6.57. The number of hydrogen-bond acceptors (Lipinski definition) is 5. The highest BCUT2D eigenvalue weighted by molar-refractivity contribution is 7.15. The van der Waals surface area contributed by atoms with E-state index in [1.54, 1.807) is 11.3 Å². The summed E-state index contributed by atoms with van der Waals surface area (Å²) in [6.45, 7) is 4.54. The smallest absolute Gasteiger partial charge is 0.269 e. The number of nitrogens with zero attached hydrogens (tertiary/aromatic N) is 4. The van der Waals surface area contributed by atoms with Crippen molar-refractivity contribution in [3.63, 3.8) is 0 Å². The third-order valence-corrected chi connectivity index (χ3v) is 6.29. The lowest BCUT2D eigenvalue weighted by Crippen LogP contribution is -2.24. The molecule has 0 aliphatic heterocycles. The molecule has 0 radical (unpaired) electrons. The minimum absolute atomic E-state index is 0.132. The first-order chi connectivity index (χ1) is 13.6. The zero-order valence-corrected chi connectivity index (χ0v) is 17.0. The Labute approximate surface area is 169 Å². The van der Waals surface area contributed by atoms with Gasteiger partial charge in [0.25, 0.3) is 5.91 Å². The second-order valence-electron chi connectivity index (χ2n) is 6.73. The molecule has 1 amide bonds. The van der Waals surface area contributed by atoms with Crippen molar-refractivity contribution in [2.75, 3.05) is 0 Å². The average Bonchev–Trinajstić information content (AvgIpc) is 3.41. The number of benzene rings is 1. The van der Waals surface area contributed by atoms with Crippen LogP contribution in [0.15, 0.2) is 47.5 Å². The van der Waals surface area contributed by atoms with E-state index in [0.29, 0.717) is 12.2 Å². The molecule has 0 saturated heterocycles. The van der Waals surface area contributed by atoms with Gasteiger partial charge in [-0.15, -0.1) is 22.7 Å². The quantitative estimate of drug-likeness (QED) is 0.483. The SMILES string of the molecule is Cc1ccc(C)c(-c2cn3c(C(=O)NCc4cn5ccsc5n4)csc3n2)c1. The molecule has 1 N–H and O–H groups in total. The summed E-state index contributed by atoms with van der Waals surface area (Å²) in [5.74, 6) is -0.132. The molecule has 0 atom stereocenters. The number of carbonyl (C=O) groups is 1. The molecule has 28 heavy (non-hydrogen) atoms. The van der Waals surface area contributed by atoms with Crippen LogP contribution in [0.5, 0.6) is 0 Å². The van der Waals surface area contributed by atoms with Crippen LogP contribution in [-0.4, -0.2) is 24.7 Å². The van der Waals surface area contributed by atoms with E-state index in [9.17, 15) is 4.79 Å². The Morgan fingerprint density at radius 3 is 2.89 bits per heavy atom. The fourth-order valence-corrected chi connectivity index (χ4v) is 4.78. The van der Waals surface area contributed by atoms with Crippen molar-refractivity contribution in [3.05, 3.63) is 70.1 Å². The number of thiazole rings is 2. The maximum Gasteiger partial charge on any atom is 0.269 e. The number of fused-ring (bicyclic) bond motifs is 2. The molecule has 4 aromatic heterocycles. The summed E-state index contributed by atoms with van der Waals surface area (Å²) >= 11 is 3.04. The molecule has 140 valence electrons. The largest absolute Gasteiger partial charge is 0.345 e.